The van der Waals surface area contributed by atoms with Gasteiger partial charge in [0.05, 0.1) is 5.56 Å². The van der Waals surface area contributed by atoms with Gasteiger partial charge in [-0.15, -0.1) is 0 Å². The van der Waals surface area contributed by atoms with Gasteiger partial charge >= 0.3 is 6.09 Å². The number of hydrogen-bond donors (Lipinski definition) is 1. The summed E-state index contributed by atoms with van der Waals surface area (Å²) in [6.07, 6.45) is 2.46. The molecule has 5 aromatic rings. The van der Waals surface area contributed by atoms with E-state index in [0.717, 1.165) is 82.9 Å². The lowest BCUT2D eigenvalue weighted by atomic mass is 9.92. The molecule has 0 fully saturated rings. The second-order valence-corrected chi connectivity index (χ2v) is 14.2. The number of carboxylic acid groups (broad SMARTS) is 1. The minimum absolute atomic E-state index is 0.0128. The van der Waals surface area contributed by atoms with Crippen molar-refractivity contribution in [2.45, 2.75) is 71.4 Å². The molecule has 3 aliphatic rings. The second kappa shape index (κ2) is 13.7. The Kier molecular flexibility index (Phi) is 8.79. The predicted octanol–water partition coefficient (Wildman–Crippen LogP) is 7.93. The van der Waals surface area contributed by atoms with Gasteiger partial charge in [-0.2, -0.15) is 0 Å². The number of ether oxygens (including phenoxy) is 1. The molecule has 1 N–H and O–H groups in total. The third-order valence-corrected chi connectivity index (χ3v) is 10.9. The van der Waals surface area contributed by atoms with Gasteiger partial charge in [-0.3, -0.25) is 14.5 Å². The summed E-state index contributed by atoms with van der Waals surface area (Å²) in [5, 5.41) is 9.84. The van der Waals surface area contributed by atoms with E-state index in [-0.39, 0.29) is 30.9 Å². The van der Waals surface area contributed by atoms with Gasteiger partial charge in [-0.05, 0) is 103 Å². The molecule has 0 spiro atoms. The highest BCUT2D eigenvalue weighted by Gasteiger charge is 2.34. The van der Waals surface area contributed by atoms with E-state index in [1.54, 1.807) is 11.9 Å². The minimum Gasteiger partial charge on any atom is -0.489 e. The van der Waals surface area contributed by atoms with Crippen molar-refractivity contribution in [2.75, 3.05) is 11.9 Å². The molecule has 4 heterocycles. The molecule has 52 heavy (non-hydrogen) atoms. The molecular formula is C43H42N4O5. The van der Waals surface area contributed by atoms with Gasteiger partial charge in [0.2, 0.25) is 0 Å². The van der Waals surface area contributed by atoms with Crippen molar-refractivity contribution in [3.05, 3.63) is 142 Å². The van der Waals surface area contributed by atoms with E-state index < -0.39 is 6.09 Å². The van der Waals surface area contributed by atoms with Crippen LogP contribution in [0.25, 0.3) is 11.3 Å². The van der Waals surface area contributed by atoms with Crippen LogP contribution < -0.4 is 9.64 Å². The van der Waals surface area contributed by atoms with Crippen molar-refractivity contribution in [1.82, 2.24) is 14.4 Å². The minimum atomic E-state index is -0.987. The van der Waals surface area contributed by atoms with Crippen molar-refractivity contribution in [3.8, 4) is 17.0 Å². The third-order valence-electron chi connectivity index (χ3n) is 10.9. The lowest BCUT2D eigenvalue weighted by molar-refractivity contribution is 0.0658. The van der Waals surface area contributed by atoms with Crippen molar-refractivity contribution >= 4 is 23.6 Å². The molecule has 1 atom stereocenters. The fourth-order valence-electron chi connectivity index (χ4n) is 7.97. The second-order valence-electron chi connectivity index (χ2n) is 14.2. The molecule has 8 rings (SSSR count). The highest BCUT2D eigenvalue weighted by Crippen LogP contribution is 2.38. The van der Waals surface area contributed by atoms with Crippen molar-refractivity contribution < 1.29 is 24.2 Å². The molecule has 264 valence electrons. The van der Waals surface area contributed by atoms with Crippen LogP contribution in [0.15, 0.2) is 97.1 Å². The molecule has 0 radical (unpaired) electrons. The highest BCUT2D eigenvalue weighted by molar-refractivity contribution is 6.08. The lowest BCUT2D eigenvalue weighted by Crippen LogP contribution is -2.42. The Bertz CT molecular complexity index is 2170. The molecule has 4 aromatic carbocycles. The topological polar surface area (TPSA) is 95.3 Å². The number of hydrogen-bond acceptors (Lipinski definition) is 4. The summed E-state index contributed by atoms with van der Waals surface area (Å²) >= 11 is 0. The Morgan fingerprint density at radius 2 is 1.52 bits per heavy atom. The number of aromatic nitrogens is 1. The lowest BCUT2D eigenvalue weighted by Gasteiger charge is -2.35. The summed E-state index contributed by atoms with van der Waals surface area (Å²) in [4.78, 5) is 46.0. The summed E-state index contributed by atoms with van der Waals surface area (Å²) in [7, 11) is 1.79. The average molecular weight is 695 g/mol. The Morgan fingerprint density at radius 3 is 2.27 bits per heavy atom. The zero-order chi connectivity index (χ0) is 35.9. The van der Waals surface area contributed by atoms with E-state index in [0.29, 0.717) is 24.3 Å². The van der Waals surface area contributed by atoms with Crippen molar-refractivity contribution in [2.24, 2.45) is 0 Å². The summed E-state index contributed by atoms with van der Waals surface area (Å²) < 4.78 is 8.19. The van der Waals surface area contributed by atoms with E-state index in [2.05, 4.69) is 23.6 Å². The number of benzene rings is 4. The number of nitrogens with zero attached hydrogens (tertiary/aromatic N) is 4. The molecule has 0 unspecified atom stereocenters. The first-order chi connectivity index (χ1) is 25.2. The summed E-state index contributed by atoms with van der Waals surface area (Å²) in [6.45, 7) is 4.27. The zero-order valence-corrected chi connectivity index (χ0v) is 29.5. The number of carbonyl (C=O) groups excluding carboxylic acids is 2. The van der Waals surface area contributed by atoms with Gasteiger partial charge in [0, 0.05) is 67.5 Å². The molecule has 0 aliphatic carbocycles. The molecule has 0 saturated heterocycles. The van der Waals surface area contributed by atoms with E-state index >= 15 is 0 Å². The zero-order valence-electron chi connectivity index (χ0n) is 29.5. The van der Waals surface area contributed by atoms with Gasteiger partial charge in [0.15, 0.2) is 0 Å². The molecule has 3 amide bonds. The maximum absolute atomic E-state index is 14.7. The van der Waals surface area contributed by atoms with Gasteiger partial charge in [-0.1, -0.05) is 54.6 Å². The Hall–Kier alpha value is -5.83. The predicted molar refractivity (Wildman–Crippen MR) is 200 cm³/mol. The number of carbonyl (C=O) groups is 3. The van der Waals surface area contributed by atoms with E-state index in [1.165, 1.54) is 10.5 Å². The van der Waals surface area contributed by atoms with Crippen LogP contribution in [0.2, 0.25) is 0 Å². The van der Waals surface area contributed by atoms with Crippen molar-refractivity contribution in [3.63, 3.8) is 0 Å². The van der Waals surface area contributed by atoms with E-state index in [9.17, 15) is 19.5 Å². The standard InChI is InChI=1S/C43H42N4O5/c1-28-20-30-12-6-7-13-31(30)26-47(28)42(49)37-22-33-25-45(43(50)51)24-32(33)21-36(37)40-23-38(39-14-8-9-19-46(39)40)41(48)44(2)34-15-17-35(18-16-34)52-27-29-10-4-3-5-11-29/h3-7,10-13,15-18,21-23,28H,8-9,14,19-20,24-27H2,1-2H3,(H,50,51)/t28-/m1/s1. The smallest absolute Gasteiger partial charge is 0.407 e. The number of amides is 3. The molecule has 9 nitrogen and oxygen atoms in total. The molecule has 0 bridgehead atoms. The number of anilines is 1. The Balaban J connectivity index is 1.14. The number of fused-ring (bicyclic) bond motifs is 3. The summed E-state index contributed by atoms with van der Waals surface area (Å²) in [5.41, 5.74) is 9.64. The fraction of sp³-hybridized carbons (Fsp3) is 0.279. The SMILES string of the molecule is C[C@@H]1Cc2ccccc2CN1C(=O)c1cc2c(cc1-c1cc(C(=O)N(C)c3ccc(OCc4ccccc4)cc3)c3n1CCCC3)CN(C(=O)O)C2. The summed E-state index contributed by atoms with van der Waals surface area (Å²) in [5.74, 6) is 0.514. The Labute approximate surface area is 303 Å². The summed E-state index contributed by atoms with van der Waals surface area (Å²) in [6, 6.07) is 31.6. The maximum Gasteiger partial charge on any atom is 0.407 e. The third kappa shape index (κ3) is 6.21. The first-order valence-electron chi connectivity index (χ1n) is 18.0. The highest BCUT2D eigenvalue weighted by atomic mass is 16.5. The molecule has 0 saturated carbocycles. The number of rotatable bonds is 7. The van der Waals surface area contributed by atoms with E-state index in [4.69, 9.17) is 4.74 Å². The molecule has 9 heteroatoms. The van der Waals surface area contributed by atoms with Crippen LogP contribution >= 0.6 is 0 Å². The van der Waals surface area contributed by atoms with Gasteiger partial charge in [-0.25, -0.2) is 4.79 Å². The first kappa shape index (κ1) is 33.3. The van der Waals surface area contributed by atoms with Crippen LogP contribution in [0.1, 0.15) is 74.0 Å². The maximum atomic E-state index is 14.7. The van der Waals surface area contributed by atoms with Crippen LogP contribution in [0.4, 0.5) is 10.5 Å². The van der Waals surface area contributed by atoms with Crippen LogP contribution in [-0.2, 0) is 45.6 Å². The fourth-order valence-corrected chi connectivity index (χ4v) is 7.97. The largest absolute Gasteiger partial charge is 0.489 e. The van der Waals surface area contributed by atoms with Crippen LogP contribution in [-0.4, -0.2) is 50.5 Å². The van der Waals surface area contributed by atoms with Crippen LogP contribution in [0, 0.1) is 0 Å². The van der Waals surface area contributed by atoms with Gasteiger partial charge < -0.3 is 24.2 Å². The van der Waals surface area contributed by atoms with Crippen LogP contribution in [0.5, 0.6) is 5.75 Å². The van der Waals surface area contributed by atoms with Gasteiger partial charge in [0.1, 0.15) is 12.4 Å². The van der Waals surface area contributed by atoms with Gasteiger partial charge in [0.25, 0.3) is 11.8 Å². The monoisotopic (exact) mass is 694 g/mol. The average Bonchev–Trinajstić information content (AvgIpc) is 3.78. The molecule has 1 aromatic heterocycles. The molecular weight excluding hydrogens is 652 g/mol. The van der Waals surface area contributed by atoms with Crippen molar-refractivity contribution in [1.29, 1.82) is 0 Å². The Morgan fingerprint density at radius 1 is 0.808 bits per heavy atom. The van der Waals surface area contributed by atoms with E-state index in [1.807, 2.05) is 89.8 Å². The normalized spacial score (nSPS) is 16.2. The first-order valence-corrected chi connectivity index (χ1v) is 18.0. The van der Waals surface area contributed by atoms with Crippen LogP contribution in [0.3, 0.4) is 0 Å². The quantitative estimate of drug-likeness (QED) is 0.187. The molecule has 3 aliphatic heterocycles.